The molecule has 0 saturated heterocycles. The van der Waals surface area contributed by atoms with Gasteiger partial charge in [0.25, 0.3) is 5.91 Å². The summed E-state index contributed by atoms with van der Waals surface area (Å²) in [6, 6.07) is 3.67. The third-order valence-electron chi connectivity index (χ3n) is 2.28. The Morgan fingerprint density at radius 2 is 2.27 bits per heavy atom. The van der Waals surface area contributed by atoms with Gasteiger partial charge in [-0.05, 0) is 25.0 Å². The van der Waals surface area contributed by atoms with Crippen molar-refractivity contribution in [2.45, 2.75) is 32.7 Å². The van der Waals surface area contributed by atoms with Crippen LogP contribution in [0.1, 0.15) is 34.8 Å². The van der Waals surface area contributed by atoms with Gasteiger partial charge < -0.3 is 10.4 Å². The van der Waals surface area contributed by atoms with E-state index in [0.29, 0.717) is 0 Å². The first-order valence-corrected chi connectivity index (χ1v) is 6.03. The number of rotatable bonds is 5. The molecular formula is C11H17NO2S. The fraction of sp³-hybridized carbons (Fsp3) is 0.545. The number of thiophene rings is 1. The van der Waals surface area contributed by atoms with Crippen molar-refractivity contribution >= 4 is 17.2 Å². The number of aliphatic hydroxyl groups is 1. The topological polar surface area (TPSA) is 49.3 Å². The Balaban J connectivity index is 2.60. The van der Waals surface area contributed by atoms with E-state index in [-0.39, 0.29) is 18.6 Å². The van der Waals surface area contributed by atoms with Crippen LogP contribution in [0.2, 0.25) is 0 Å². The summed E-state index contributed by atoms with van der Waals surface area (Å²) in [4.78, 5) is 13.6. The smallest absolute Gasteiger partial charge is 0.261 e. The average Bonchev–Trinajstić information content (AvgIpc) is 2.74. The molecule has 4 heteroatoms. The maximum absolute atomic E-state index is 11.7. The predicted molar refractivity (Wildman–Crippen MR) is 62.3 cm³/mol. The van der Waals surface area contributed by atoms with Gasteiger partial charge in [0.1, 0.15) is 0 Å². The van der Waals surface area contributed by atoms with Crippen LogP contribution in [-0.2, 0) is 6.42 Å². The molecule has 1 aromatic heterocycles. The van der Waals surface area contributed by atoms with Crippen LogP contribution < -0.4 is 5.32 Å². The molecule has 84 valence electrons. The molecule has 0 saturated carbocycles. The van der Waals surface area contributed by atoms with E-state index in [1.165, 1.54) is 16.2 Å². The van der Waals surface area contributed by atoms with Gasteiger partial charge in [-0.15, -0.1) is 11.3 Å². The van der Waals surface area contributed by atoms with Gasteiger partial charge in [0.2, 0.25) is 0 Å². The molecule has 1 rings (SSSR count). The maximum atomic E-state index is 11.7. The molecule has 1 heterocycles. The molecule has 0 radical (unpaired) electrons. The van der Waals surface area contributed by atoms with Crippen LogP contribution in [0.25, 0.3) is 0 Å². The molecule has 0 unspecified atom stereocenters. The van der Waals surface area contributed by atoms with Crippen molar-refractivity contribution < 1.29 is 9.90 Å². The van der Waals surface area contributed by atoms with Gasteiger partial charge in [0.15, 0.2) is 0 Å². The summed E-state index contributed by atoms with van der Waals surface area (Å²) >= 11 is 1.51. The summed E-state index contributed by atoms with van der Waals surface area (Å²) in [7, 11) is 0. The van der Waals surface area contributed by atoms with Crippen molar-refractivity contribution in [2.24, 2.45) is 0 Å². The molecule has 1 amide bonds. The molecule has 0 spiro atoms. The third-order valence-corrected chi connectivity index (χ3v) is 3.51. The van der Waals surface area contributed by atoms with E-state index >= 15 is 0 Å². The molecular weight excluding hydrogens is 210 g/mol. The van der Waals surface area contributed by atoms with Gasteiger partial charge >= 0.3 is 0 Å². The van der Waals surface area contributed by atoms with Crippen LogP contribution >= 0.6 is 11.3 Å². The second kappa shape index (κ2) is 5.88. The zero-order chi connectivity index (χ0) is 11.3. The van der Waals surface area contributed by atoms with Crippen LogP contribution in [0.15, 0.2) is 12.1 Å². The van der Waals surface area contributed by atoms with E-state index in [2.05, 4.69) is 12.2 Å². The second-order valence-corrected chi connectivity index (χ2v) is 4.55. The lowest BCUT2D eigenvalue weighted by Gasteiger charge is -2.12. The van der Waals surface area contributed by atoms with Gasteiger partial charge in [-0.25, -0.2) is 0 Å². The number of hydrogen-bond donors (Lipinski definition) is 2. The number of amides is 1. The van der Waals surface area contributed by atoms with Gasteiger partial charge in [0.05, 0.1) is 17.5 Å². The predicted octanol–water partition coefficient (Wildman–Crippen LogP) is 1.81. The molecule has 0 aliphatic rings. The Bertz CT molecular complexity index is 318. The highest BCUT2D eigenvalue weighted by Crippen LogP contribution is 2.16. The first kappa shape index (κ1) is 12.2. The molecule has 0 aromatic carbocycles. The Labute approximate surface area is 94.1 Å². The highest BCUT2D eigenvalue weighted by atomic mass is 32.1. The van der Waals surface area contributed by atoms with Crippen molar-refractivity contribution in [1.29, 1.82) is 0 Å². The van der Waals surface area contributed by atoms with Crippen molar-refractivity contribution in [3.05, 3.63) is 21.9 Å². The average molecular weight is 227 g/mol. The number of aryl methyl sites for hydroxylation is 1. The van der Waals surface area contributed by atoms with E-state index in [9.17, 15) is 4.79 Å². The fourth-order valence-corrected chi connectivity index (χ4v) is 2.07. The van der Waals surface area contributed by atoms with E-state index in [0.717, 1.165) is 17.7 Å². The summed E-state index contributed by atoms with van der Waals surface area (Å²) in [5, 5.41) is 11.8. The van der Waals surface area contributed by atoms with Gasteiger partial charge in [-0.1, -0.05) is 13.8 Å². The SMILES string of the molecule is CCc1ccc(C(=O)N[C@H](CC)CO)s1. The van der Waals surface area contributed by atoms with Crippen molar-refractivity contribution in [3.63, 3.8) is 0 Å². The second-order valence-electron chi connectivity index (χ2n) is 3.38. The lowest BCUT2D eigenvalue weighted by Crippen LogP contribution is -2.36. The molecule has 2 N–H and O–H groups in total. The fourth-order valence-electron chi connectivity index (χ4n) is 1.22. The first-order chi connectivity index (χ1) is 7.21. The molecule has 3 nitrogen and oxygen atoms in total. The van der Waals surface area contributed by atoms with Crippen LogP contribution in [0.5, 0.6) is 0 Å². The minimum absolute atomic E-state index is 0.00570. The van der Waals surface area contributed by atoms with Crippen molar-refractivity contribution in [2.75, 3.05) is 6.61 Å². The molecule has 0 bridgehead atoms. The van der Waals surface area contributed by atoms with E-state index in [1.807, 2.05) is 19.1 Å². The van der Waals surface area contributed by atoms with Crippen LogP contribution in [0.3, 0.4) is 0 Å². The van der Waals surface area contributed by atoms with Gasteiger partial charge in [0, 0.05) is 4.88 Å². The van der Waals surface area contributed by atoms with Crippen LogP contribution in [0, 0.1) is 0 Å². The van der Waals surface area contributed by atoms with E-state index in [1.54, 1.807) is 0 Å². The molecule has 0 aliphatic carbocycles. The Morgan fingerprint density at radius 1 is 1.53 bits per heavy atom. The number of carbonyl (C=O) groups excluding carboxylic acids is 1. The Kier molecular flexibility index (Phi) is 4.78. The van der Waals surface area contributed by atoms with Crippen LogP contribution in [-0.4, -0.2) is 23.7 Å². The summed E-state index contributed by atoms with van der Waals surface area (Å²) in [6.07, 6.45) is 1.70. The minimum Gasteiger partial charge on any atom is -0.394 e. The van der Waals surface area contributed by atoms with Gasteiger partial charge in [-0.3, -0.25) is 4.79 Å². The molecule has 1 aromatic rings. The summed E-state index contributed by atoms with van der Waals surface area (Å²) in [6.45, 7) is 4.00. The number of carbonyl (C=O) groups is 1. The van der Waals surface area contributed by atoms with Crippen LogP contribution in [0.4, 0.5) is 0 Å². The zero-order valence-electron chi connectivity index (χ0n) is 9.12. The Hall–Kier alpha value is -0.870. The maximum Gasteiger partial charge on any atom is 0.261 e. The lowest BCUT2D eigenvalue weighted by molar-refractivity contribution is 0.0919. The molecule has 15 heavy (non-hydrogen) atoms. The monoisotopic (exact) mass is 227 g/mol. The number of nitrogens with one attached hydrogen (secondary N) is 1. The standard InChI is InChI=1S/C11H17NO2S/c1-3-8(7-13)12-11(14)10-6-5-9(4-2)15-10/h5-6,8,13H,3-4,7H2,1-2H3,(H,12,14)/t8-/m1/s1. The normalized spacial score (nSPS) is 12.5. The third kappa shape index (κ3) is 3.32. The zero-order valence-corrected chi connectivity index (χ0v) is 9.93. The molecule has 0 aliphatic heterocycles. The van der Waals surface area contributed by atoms with Gasteiger partial charge in [-0.2, -0.15) is 0 Å². The Morgan fingerprint density at radius 3 is 2.73 bits per heavy atom. The van der Waals surface area contributed by atoms with Crippen molar-refractivity contribution in [3.8, 4) is 0 Å². The summed E-state index contributed by atoms with van der Waals surface area (Å²) < 4.78 is 0. The largest absolute Gasteiger partial charge is 0.394 e. The summed E-state index contributed by atoms with van der Waals surface area (Å²) in [5.41, 5.74) is 0. The minimum atomic E-state index is -0.135. The van der Waals surface area contributed by atoms with E-state index < -0.39 is 0 Å². The number of aliphatic hydroxyl groups excluding tert-OH is 1. The summed E-state index contributed by atoms with van der Waals surface area (Å²) in [5.74, 6) is -0.0828. The van der Waals surface area contributed by atoms with Crippen molar-refractivity contribution in [1.82, 2.24) is 5.32 Å². The number of hydrogen-bond acceptors (Lipinski definition) is 3. The quantitative estimate of drug-likeness (QED) is 0.806. The van der Waals surface area contributed by atoms with E-state index in [4.69, 9.17) is 5.11 Å². The highest BCUT2D eigenvalue weighted by molar-refractivity contribution is 7.14. The highest BCUT2D eigenvalue weighted by Gasteiger charge is 2.12. The first-order valence-electron chi connectivity index (χ1n) is 5.21. The lowest BCUT2D eigenvalue weighted by atomic mass is 10.2. The molecule has 0 fully saturated rings. The molecule has 1 atom stereocenters.